The number of hydrogen-bond donors (Lipinski definition) is 0. The molecule has 4 heteroatoms. The largest absolute Gasteiger partial charge is 0.381 e. The molecule has 1 aromatic heterocycles. The Morgan fingerprint density at radius 3 is 3.05 bits per heavy atom. The Bertz CT molecular complexity index is 612. The van der Waals surface area contributed by atoms with Crippen LogP contribution in [-0.4, -0.2) is 28.8 Å². The summed E-state index contributed by atoms with van der Waals surface area (Å²) in [5.41, 5.74) is 2.01. The van der Waals surface area contributed by atoms with Crippen molar-refractivity contribution in [2.75, 3.05) is 13.2 Å². The minimum Gasteiger partial charge on any atom is -0.381 e. The van der Waals surface area contributed by atoms with E-state index in [0.717, 1.165) is 42.6 Å². The number of nitrogens with zero attached hydrogens (tertiary/aromatic N) is 2. The van der Waals surface area contributed by atoms with E-state index in [-0.39, 0.29) is 11.7 Å². The quantitative estimate of drug-likeness (QED) is 0.859. The number of carbonyl (C=O) groups excluding carboxylic acids is 1. The predicted molar refractivity (Wildman–Crippen MR) is 77.7 cm³/mol. The number of ketones is 1. The zero-order valence-electron chi connectivity index (χ0n) is 11.8. The van der Waals surface area contributed by atoms with Crippen molar-refractivity contribution in [3.05, 3.63) is 30.0 Å². The molecule has 2 heterocycles. The zero-order valence-corrected chi connectivity index (χ0v) is 11.8. The van der Waals surface area contributed by atoms with E-state index >= 15 is 0 Å². The van der Waals surface area contributed by atoms with Gasteiger partial charge < -0.3 is 4.74 Å². The van der Waals surface area contributed by atoms with E-state index in [1.165, 1.54) is 0 Å². The number of Topliss-reactive ketones (excluding diaryl/α,β-unsaturated/α-hetero) is 1. The van der Waals surface area contributed by atoms with Crippen LogP contribution >= 0.6 is 0 Å². The van der Waals surface area contributed by atoms with Crippen molar-refractivity contribution >= 4 is 16.7 Å². The predicted octanol–water partition coefficient (Wildman–Crippen LogP) is 2.59. The van der Waals surface area contributed by atoms with E-state index in [0.29, 0.717) is 13.0 Å². The third kappa shape index (κ3) is 2.48. The molecule has 2 aromatic rings. The molecule has 1 aliphatic rings. The summed E-state index contributed by atoms with van der Waals surface area (Å²) in [7, 11) is 0. The van der Waals surface area contributed by atoms with Gasteiger partial charge >= 0.3 is 0 Å². The number of fused-ring (bicyclic) bond motifs is 1. The third-order valence-electron chi connectivity index (χ3n) is 3.99. The minimum atomic E-state index is 0.0503. The average Bonchev–Trinajstić information content (AvgIpc) is 2.86. The highest BCUT2D eigenvalue weighted by Crippen LogP contribution is 2.22. The molecule has 106 valence electrons. The van der Waals surface area contributed by atoms with Gasteiger partial charge in [0.25, 0.3) is 0 Å². The topological polar surface area (TPSA) is 44.1 Å². The Balaban J connectivity index is 1.85. The van der Waals surface area contributed by atoms with Gasteiger partial charge in [0.2, 0.25) is 0 Å². The van der Waals surface area contributed by atoms with Crippen molar-refractivity contribution in [1.82, 2.24) is 9.78 Å². The van der Waals surface area contributed by atoms with Gasteiger partial charge in [-0.1, -0.05) is 18.2 Å². The summed E-state index contributed by atoms with van der Waals surface area (Å²) in [4.78, 5) is 12.4. The van der Waals surface area contributed by atoms with E-state index in [4.69, 9.17) is 4.74 Å². The highest BCUT2D eigenvalue weighted by Gasteiger charge is 2.23. The fourth-order valence-corrected chi connectivity index (χ4v) is 2.87. The number of ether oxygens (including phenoxy) is 1. The summed E-state index contributed by atoms with van der Waals surface area (Å²) >= 11 is 0. The first-order chi connectivity index (χ1) is 9.79. The van der Waals surface area contributed by atoms with Gasteiger partial charge in [0.05, 0.1) is 24.2 Å². The van der Waals surface area contributed by atoms with E-state index in [1.807, 2.05) is 16.8 Å². The van der Waals surface area contributed by atoms with Crippen LogP contribution in [0.15, 0.2) is 24.3 Å². The van der Waals surface area contributed by atoms with Gasteiger partial charge in [-0.15, -0.1) is 0 Å². The number of rotatable bonds is 4. The molecule has 1 aliphatic heterocycles. The highest BCUT2D eigenvalue weighted by molar-refractivity contribution is 5.89. The number of aromatic nitrogens is 2. The van der Waals surface area contributed by atoms with Crippen molar-refractivity contribution in [3.8, 4) is 0 Å². The van der Waals surface area contributed by atoms with Crippen LogP contribution in [0.25, 0.3) is 10.9 Å². The minimum absolute atomic E-state index is 0.0503. The Labute approximate surface area is 118 Å². The zero-order chi connectivity index (χ0) is 13.9. The molecule has 0 saturated carbocycles. The summed E-state index contributed by atoms with van der Waals surface area (Å²) in [6.07, 6.45) is 2.35. The normalized spacial score (nSPS) is 19.4. The van der Waals surface area contributed by atoms with Crippen LogP contribution in [0.4, 0.5) is 0 Å². The molecule has 0 radical (unpaired) electrons. The summed E-state index contributed by atoms with van der Waals surface area (Å²) in [6, 6.07) is 8.12. The lowest BCUT2D eigenvalue weighted by molar-refractivity contribution is -0.126. The van der Waals surface area contributed by atoms with E-state index in [1.54, 1.807) is 0 Å². The lowest BCUT2D eigenvalue weighted by atomic mass is 9.94. The van der Waals surface area contributed by atoms with Crippen LogP contribution in [-0.2, 0) is 22.5 Å². The van der Waals surface area contributed by atoms with Crippen molar-refractivity contribution < 1.29 is 9.53 Å². The molecule has 4 nitrogen and oxygen atoms in total. The standard InChI is InChI=1S/C16H20N2O2/c1-2-18-15-8-4-3-7-13(15)14(17-18)10-16(19)12-6-5-9-20-11-12/h3-4,7-8,12H,2,5-6,9-11H2,1H3. The van der Waals surface area contributed by atoms with Gasteiger partial charge in [-0.2, -0.15) is 5.10 Å². The van der Waals surface area contributed by atoms with Crippen molar-refractivity contribution in [3.63, 3.8) is 0 Å². The fourth-order valence-electron chi connectivity index (χ4n) is 2.87. The van der Waals surface area contributed by atoms with Crippen molar-refractivity contribution in [1.29, 1.82) is 0 Å². The van der Waals surface area contributed by atoms with Gasteiger partial charge in [-0.05, 0) is 25.8 Å². The molecule has 1 unspecified atom stereocenters. The van der Waals surface area contributed by atoms with E-state index in [9.17, 15) is 4.79 Å². The van der Waals surface area contributed by atoms with Crippen molar-refractivity contribution in [2.45, 2.75) is 32.7 Å². The maximum Gasteiger partial charge on any atom is 0.144 e. The Morgan fingerprint density at radius 1 is 1.45 bits per heavy atom. The van der Waals surface area contributed by atoms with E-state index < -0.39 is 0 Å². The number of benzene rings is 1. The molecule has 1 atom stereocenters. The molecule has 1 saturated heterocycles. The van der Waals surface area contributed by atoms with Crippen LogP contribution < -0.4 is 0 Å². The van der Waals surface area contributed by atoms with Crippen LogP contribution in [0.2, 0.25) is 0 Å². The summed E-state index contributed by atoms with van der Waals surface area (Å²) < 4.78 is 7.38. The number of carbonyl (C=O) groups is 1. The molecule has 0 amide bonds. The molecule has 20 heavy (non-hydrogen) atoms. The molecule has 3 rings (SSSR count). The highest BCUT2D eigenvalue weighted by atomic mass is 16.5. The summed E-state index contributed by atoms with van der Waals surface area (Å²) in [6.45, 7) is 4.25. The van der Waals surface area contributed by atoms with Gasteiger partial charge in [-0.25, -0.2) is 0 Å². The van der Waals surface area contributed by atoms with Gasteiger partial charge in [-0.3, -0.25) is 9.48 Å². The molecule has 0 bridgehead atoms. The third-order valence-corrected chi connectivity index (χ3v) is 3.99. The Kier molecular flexibility index (Phi) is 3.83. The first kappa shape index (κ1) is 13.3. The number of para-hydroxylation sites is 1. The summed E-state index contributed by atoms with van der Waals surface area (Å²) in [5, 5.41) is 5.69. The smallest absolute Gasteiger partial charge is 0.144 e. The second kappa shape index (κ2) is 5.75. The van der Waals surface area contributed by atoms with Gasteiger partial charge in [0.15, 0.2) is 0 Å². The van der Waals surface area contributed by atoms with Gasteiger partial charge in [0.1, 0.15) is 5.78 Å². The second-order valence-electron chi connectivity index (χ2n) is 5.34. The number of aryl methyl sites for hydroxylation is 1. The van der Waals surface area contributed by atoms with Gasteiger partial charge in [0, 0.05) is 24.5 Å². The number of hydrogen-bond acceptors (Lipinski definition) is 3. The lowest BCUT2D eigenvalue weighted by Gasteiger charge is -2.20. The fraction of sp³-hybridized carbons (Fsp3) is 0.500. The van der Waals surface area contributed by atoms with Crippen LogP contribution in [0.3, 0.4) is 0 Å². The van der Waals surface area contributed by atoms with Crippen LogP contribution in [0.1, 0.15) is 25.5 Å². The molecular formula is C16H20N2O2. The van der Waals surface area contributed by atoms with E-state index in [2.05, 4.69) is 24.2 Å². The Hall–Kier alpha value is -1.68. The molecule has 1 fully saturated rings. The monoisotopic (exact) mass is 272 g/mol. The van der Waals surface area contributed by atoms with Crippen LogP contribution in [0.5, 0.6) is 0 Å². The molecule has 1 aromatic carbocycles. The molecule has 0 spiro atoms. The van der Waals surface area contributed by atoms with Crippen molar-refractivity contribution in [2.24, 2.45) is 5.92 Å². The van der Waals surface area contributed by atoms with Crippen LogP contribution in [0, 0.1) is 5.92 Å². The molecule has 0 aliphatic carbocycles. The summed E-state index contributed by atoms with van der Waals surface area (Å²) in [5.74, 6) is 0.311. The first-order valence-corrected chi connectivity index (χ1v) is 7.34. The average molecular weight is 272 g/mol. The SMILES string of the molecule is CCn1nc(CC(=O)C2CCCOC2)c2ccccc21. The second-order valence-corrected chi connectivity index (χ2v) is 5.34. The first-order valence-electron chi connectivity index (χ1n) is 7.34. The Morgan fingerprint density at radius 2 is 2.30 bits per heavy atom. The molecule has 0 N–H and O–H groups in total. The maximum absolute atomic E-state index is 12.4. The lowest BCUT2D eigenvalue weighted by Crippen LogP contribution is -2.26. The maximum atomic E-state index is 12.4. The molecular weight excluding hydrogens is 252 g/mol.